The summed E-state index contributed by atoms with van der Waals surface area (Å²) >= 11 is 0. The second-order valence-electron chi connectivity index (χ2n) is 21.5. The van der Waals surface area contributed by atoms with Crippen molar-refractivity contribution in [1.29, 1.82) is 0 Å². The third-order valence-corrected chi connectivity index (χ3v) is 21.6. The normalized spacial score (nSPS) is 53.9. The van der Waals surface area contributed by atoms with Crippen LogP contribution in [-0.4, -0.2) is 73.2 Å². The van der Waals surface area contributed by atoms with E-state index in [9.17, 15) is 18.3 Å². The summed E-state index contributed by atoms with van der Waals surface area (Å²) in [7, 11) is -0.547. The van der Waals surface area contributed by atoms with Gasteiger partial charge in [-0.1, -0.05) is 58.9 Å². The SMILES string of the molecule is C=C(C)C1CCC2(NCC[N+]3(C)CC4CC3CS4(=O)=O)CCC3(C)C(CCC4C5(C)CC=C(C6=CC7C(C6)C7C(=O)O)C(C)(C)C5CCC43C)C12. The maximum Gasteiger partial charge on any atom is 0.307 e. The molecule has 7 fully saturated rings. The van der Waals surface area contributed by atoms with Crippen molar-refractivity contribution in [3.63, 3.8) is 0 Å². The Hall–Kier alpha value is -1.44. The molecule has 5 saturated carbocycles. The fraction of sp³-hybridized carbons (Fsp3) is 0.841. The van der Waals surface area contributed by atoms with Gasteiger partial charge < -0.3 is 14.9 Å². The number of aliphatic carboxylic acids is 1. The van der Waals surface area contributed by atoms with E-state index in [1.165, 1.54) is 62.5 Å². The van der Waals surface area contributed by atoms with Crippen molar-refractivity contribution < 1.29 is 22.8 Å². The molecule has 51 heavy (non-hydrogen) atoms. The fourth-order valence-electron chi connectivity index (χ4n) is 16.6. The first-order valence-corrected chi connectivity index (χ1v) is 22.6. The highest BCUT2D eigenvalue weighted by Crippen LogP contribution is 2.77. The minimum Gasteiger partial charge on any atom is -0.481 e. The van der Waals surface area contributed by atoms with Crippen LogP contribution in [0.2, 0.25) is 0 Å². The van der Waals surface area contributed by atoms with E-state index in [4.69, 9.17) is 0 Å². The van der Waals surface area contributed by atoms with Crippen molar-refractivity contribution in [3.05, 3.63) is 35.5 Å². The lowest BCUT2D eigenvalue weighted by Gasteiger charge is -2.72. The Bertz CT molecular complexity index is 1730. The second kappa shape index (κ2) is 10.9. The Kier molecular flexibility index (Phi) is 7.51. The predicted molar refractivity (Wildman–Crippen MR) is 203 cm³/mol. The smallest absolute Gasteiger partial charge is 0.307 e. The van der Waals surface area contributed by atoms with Gasteiger partial charge in [-0.2, -0.15) is 0 Å². The molecule has 9 rings (SSSR count). The van der Waals surface area contributed by atoms with Gasteiger partial charge in [-0.3, -0.25) is 4.79 Å². The molecule has 2 saturated heterocycles. The maximum atomic E-state index is 12.6. The summed E-state index contributed by atoms with van der Waals surface area (Å²) in [6.45, 7) is 23.0. The summed E-state index contributed by atoms with van der Waals surface area (Å²) in [5.41, 5.74) is 5.56. The van der Waals surface area contributed by atoms with Crippen LogP contribution in [0.3, 0.4) is 0 Å². The van der Waals surface area contributed by atoms with E-state index in [2.05, 4.69) is 72.6 Å². The molecule has 7 heteroatoms. The van der Waals surface area contributed by atoms with Crippen LogP contribution in [0, 0.1) is 69.0 Å². The molecule has 6 nitrogen and oxygen atoms in total. The molecular weight excluding hydrogens is 653 g/mol. The maximum absolute atomic E-state index is 12.6. The highest BCUT2D eigenvalue weighted by atomic mass is 32.2. The third-order valence-electron chi connectivity index (χ3n) is 19.4. The van der Waals surface area contributed by atoms with Crippen LogP contribution in [0.1, 0.15) is 112 Å². The summed E-state index contributed by atoms with van der Waals surface area (Å²) in [5, 5.41) is 13.8. The molecule has 9 aliphatic rings. The lowest BCUT2D eigenvalue weighted by atomic mass is 9.33. The molecule has 0 aromatic heterocycles. The quantitative estimate of drug-likeness (QED) is 0.207. The zero-order valence-corrected chi connectivity index (χ0v) is 33.6. The number of nitrogens with one attached hydrogen (secondary N) is 1. The van der Waals surface area contributed by atoms with Gasteiger partial charge in [0.15, 0.2) is 9.84 Å². The number of likely N-dealkylation sites (tertiary alicyclic amines) is 1. The van der Waals surface area contributed by atoms with Gasteiger partial charge >= 0.3 is 5.97 Å². The van der Waals surface area contributed by atoms with Crippen LogP contribution < -0.4 is 5.32 Å². The number of allylic oxidation sites excluding steroid dienone is 5. The Balaban J connectivity index is 0.968. The summed E-state index contributed by atoms with van der Waals surface area (Å²) < 4.78 is 26.0. The Labute approximate surface area is 308 Å². The lowest BCUT2D eigenvalue weighted by Crippen LogP contribution is -2.68. The Morgan fingerprint density at radius 1 is 1.02 bits per heavy atom. The van der Waals surface area contributed by atoms with Gasteiger partial charge in [0.05, 0.1) is 26.1 Å². The molecule has 0 radical (unpaired) electrons. The number of carbonyl (C=O) groups is 1. The number of hydrogen-bond acceptors (Lipinski definition) is 4. The van der Waals surface area contributed by atoms with Crippen molar-refractivity contribution >= 4 is 15.8 Å². The van der Waals surface area contributed by atoms with Gasteiger partial charge in [0.2, 0.25) is 0 Å². The summed E-state index contributed by atoms with van der Waals surface area (Å²) in [5.74, 6) is 3.50. The van der Waals surface area contributed by atoms with Crippen LogP contribution in [0.5, 0.6) is 0 Å². The topological polar surface area (TPSA) is 83.5 Å². The molecule has 0 spiro atoms. The minimum absolute atomic E-state index is 0.105. The van der Waals surface area contributed by atoms with E-state index in [0.29, 0.717) is 52.1 Å². The van der Waals surface area contributed by atoms with E-state index in [1.54, 1.807) is 5.57 Å². The second-order valence-corrected chi connectivity index (χ2v) is 23.9. The van der Waals surface area contributed by atoms with Gasteiger partial charge in [0, 0.05) is 18.5 Å². The average molecular weight is 720 g/mol. The Morgan fingerprint density at radius 3 is 2.41 bits per heavy atom. The van der Waals surface area contributed by atoms with E-state index in [0.717, 1.165) is 43.4 Å². The zero-order chi connectivity index (χ0) is 36.3. The molecule has 2 aliphatic heterocycles. The van der Waals surface area contributed by atoms with E-state index < -0.39 is 15.8 Å². The molecule has 2 bridgehead atoms. The first-order chi connectivity index (χ1) is 23.8. The van der Waals surface area contributed by atoms with Crippen LogP contribution >= 0.6 is 0 Å². The molecule has 15 atom stereocenters. The summed E-state index contributed by atoms with van der Waals surface area (Å²) in [6.07, 6.45) is 18.3. The molecule has 0 aromatic rings. The molecular formula is C44H67N2O4S+. The highest BCUT2D eigenvalue weighted by Gasteiger charge is 2.71. The number of carboxylic acid groups (broad SMARTS) is 1. The van der Waals surface area contributed by atoms with Gasteiger partial charge in [0.1, 0.15) is 17.0 Å². The fourth-order valence-corrected chi connectivity index (χ4v) is 19.0. The van der Waals surface area contributed by atoms with Crippen molar-refractivity contribution in [1.82, 2.24) is 5.32 Å². The largest absolute Gasteiger partial charge is 0.481 e. The molecule has 7 aliphatic carbocycles. The van der Waals surface area contributed by atoms with Crippen LogP contribution in [0.25, 0.3) is 0 Å². The molecule has 0 amide bonds. The summed E-state index contributed by atoms with van der Waals surface area (Å²) in [6, 6.07) is 0.281. The van der Waals surface area contributed by atoms with E-state index in [-0.39, 0.29) is 39.5 Å². The van der Waals surface area contributed by atoms with Crippen molar-refractivity contribution in [2.75, 3.05) is 32.4 Å². The Morgan fingerprint density at radius 2 is 1.78 bits per heavy atom. The van der Waals surface area contributed by atoms with E-state index in [1.807, 2.05) is 0 Å². The third kappa shape index (κ3) is 4.58. The molecule has 0 aromatic carbocycles. The standard InChI is InChI=1S/C44H66N2O4S/c1-26(2)30-11-16-44(45-19-20-46(8)24-29-23-28(46)25-51(29,49)50)18-17-42(6)34(38(30)44)9-10-36-41(5)14-12-33(27-21-31-32(22-27)37(31)39(47)48)40(3,4)35(41)13-15-43(36,42)7/h12,21,28-32,34-38,45H,1,9-11,13-20,22-25H2,2-8H3/p+1. The number of hydrogen-bond donors (Lipinski definition) is 2. The minimum atomic E-state index is -2.87. The lowest BCUT2D eigenvalue weighted by molar-refractivity contribution is -0.918. The average Bonchev–Trinajstić information content (AvgIpc) is 3.40. The number of likely N-dealkylation sites (N-methyl/N-ethyl adjacent to an activating group) is 1. The number of rotatable bonds is 7. The summed E-state index contributed by atoms with van der Waals surface area (Å²) in [4.78, 5) is 11.7. The number of fused-ring (bicyclic) bond motifs is 10. The molecule has 2 heterocycles. The first-order valence-electron chi connectivity index (χ1n) is 20.9. The highest BCUT2D eigenvalue weighted by molar-refractivity contribution is 7.92. The number of carboxylic acids is 1. The van der Waals surface area contributed by atoms with Gasteiger partial charge in [0.25, 0.3) is 0 Å². The van der Waals surface area contributed by atoms with Crippen molar-refractivity contribution in [2.45, 2.75) is 129 Å². The van der Waals surface area contributed by atoms with Crippen LogP contribution in [0.4, 0.5) is 0 Å². The van der Waals surface area contributed by atoms with Gasteiger partial charge in [-0.15, -0.1) is 0 Å². The number of nitrogens with zero attached hydrogens (tertiary/aromatic N) is 1. The monoisotopic (exact) mass is 719 g/mol. The van der Waals surface area contributed by atoms with Crippen LogP contribution in [0.15, 0.2) is 35.5 Å². The van der Waals surface area contributed by atoms with E-state index >= 15 is 0 Å². The molecule has 2 N–H and O–H groups in total. The molecule has 282 valence electrons. The molecule has 15 unspecified atom stereocenters. The van der Waals surface area contributed by atoms with Crippen LogP contribution in [-0.2, 0) is 14.6 Å². The first kappa shape index (κ1) is 35.3. The van der Waals surface area contributed by atoms with Crippen molar-refractivity contribution in [3.8, 4) is 0 Å². The van der Waals surface area contributed by atoms with Crippen molar-refractivity contribution in [2.24, 2.45) is 69.0 Å². The van der Waals surface area contributed by atoms with Gasteiger partial charge in [-0.05, 0) is 145 Å². The van der Waals surface area contributed by atoms with Gasteiger partial charge in [-0.25, -0.2) is 8.42 Å². The number of quaternary nitrogens is 1. The zero-order valence-electron chi connectivity index (χ0n) is 32.8. The number of sulfone groups is 1. The predicted octanol–water partition coefficient (Wildman–Crippen LogP) is 7.82.